The van der Waals surface area contributed by atoms with Gasteiger partial charge in [-0.25, -0.2) is 8.42 Å². The number of carbonyl (C=O) groups is 2. The first-order valence-electron chi connectivity index (χ1n) is 10.1. The van der Waals surface area contributed by atoms with Crippen molar-refractivity contribution in [3.8, 4) is 5.75 Å². The summed E-state index contributed by atoms with van der Waals surface area (Å²) in [6.07, 6.45) is 0.146. The van der Waals surface area contributed by atoms with Crippen LogP contribution in [0, 0.1) is 6.92 Å². The SMILES string of the molecule is COc1c2cccc1CC(=O)NCCN(S(=O)(=O)c1ccc(C)cc1)CCNC(=O)C2. The van der Waals surface area contributed by atoms with Gasteiger partial charge in [0.1, 0.15) is 5.75 Å². The molecular formula is C22H27N3O5S. The molecule has 9 heteroatoms. The summed E-state index contributed by atoms with van der Waals surface area (Å²) < 4.78 is 32.9. The smallest absolute Gasteiger partial charge is 0.243 e. The number of hydrogen-bond donors (Lipinski definition) is 2. The van der Waals surface area contributed by atoms with Gasteiger partial charge in [0, 0.05) is 37.3 Å². The molecule has 0 unspecified atom stereocenters. The summed E-state index contributed by atoms with van der Waals surface area (Å²) in [6.45, 7) is 2.37. The minimum Gasteiger partial charge on any atom is -0.496 e. The fourth-order valence-electron chi connectivity index (χ4n) is 3.50. The molecule has 1 heterocycles. The van der Waals surface area contributed by atoms with Crippen molar-refractivity contribution in [1.29, 1.82) is 0 Å². The zero-order valence-electron chi connectivity index (χ0n) is 17.7. The van der Waals surface area contributed by atoms with E-state index in [-0.39, 0.29) is 55.7 Å². The monoisotopic (exact) mass is 445 g/mol. The third-order valence-electron chi connectivity index (χ3n) is 5.11. The summed E-state index contributed by atoms with van der Waals surface area (Å²) in [5.74, 6) is 0.0303. The third-order valence-corrected chi connectivity index (χ3v) is 7.02. The average Bonchev–Trinajstić information content (AvgIpc) is 2.72. The molecule has 0 fully saturated rings. The molecule has 2 N–H and O–H groups in total. The zero-order valence-corrected chi connectivity index (χ0v) is 18.5. The Labute approximate surface area is 182 Å². The lowest BCUT2D eigenvalue weighted by atomic mass is 10.0. The standard InChI is InChI=1S/C22H27N3O5S/c1-16-6-8-19(9-7-16)31(28,29)25-12-10-23-20(26)14-17-4-3-5-18(22(17)30-2)15-21(27)24-11-13-25/h3-9H,10-15H2,1-2H3,(H,23,26)(H,24,27). The number of nitrogens with one attached hydrogen (secondary N) is 2. The maximum atomic E-state index is 13.1. The van der Waals surface area contributed by atoms with Crippen LogP contribution in [0.5, 0.6) is 5.75 Å². The molecule has 166 valence electrons. The molecule has 2 bridgehead atoms. The van der Waals surface area contributed by atoms with Crippen LogP contribution < -0.4 is 15.4 Å². The molecule has 0 saturated carbocycles. The van der Waals surface area contributed by atoms with E-state index < -0.39 is 10.0 Å². The number of benzene rings is 2. The quantitative estimate of drug-likeness (QED) is 0.734. The van der Waals surface area contributed by atoms with E-state index in [4.69, 9.17) is 4.74 Å². The number of hydrogen-bond acceptors (Lipinski definition) is 5. The highest BCUT2D eigenvalue weighted by atomic mass is 32.2. The van der Waals surface area contributed by atoms with E-state index in [1.54, 1.807) is 42.5 Å². The fourth-order valence-corrected chi connectivity index (χ4v) is 4.94. The van der Waals surface area contributed by atoms with Gasteiger partial charge in [-0.2, -0.15) is 4.31 Å². The van der Waals surface area contributed by atoms with Gasteiger partial charge in [-0.15, -0.1) is 0 Å². The van der Waals surface area contributed by atoms with Crippen LogP contribution in [0.4, 0.5) is 0 Å². The van der Waals surface area contributed by atoms with Gasteiger partial charge in [-0.05, 0) is 19.1 Å². The average molecular weight is 446 g/mol. The van der Waals surface area contributed by atoms with Gasteiger partial charge in [0.25, 0.3) is 0 Å². The Morgan fingerprint density at radius 1 is 0.871 bits per heavy atom. The second kappa shape index (κ2) is 9.93. The molecule has 2 aromatic carbocycles. The summed E-state index contributed by atoms with van der Waals surface area (Å²) in [5, 5.41) is 5.56. The number of fused-ring (bicyclic) bond motifs is 2. The number of amides is 2. The maximum Gasteiger partial charge on any atom is 0.243 e. The number of ether oxygens (including phenoxy) is 1. The van der Waals surface area contributed by atoms with Crippen LogP contribution in [0.25, 0.3) is 0 Å². The molecule has 0 radical (unpaired) electrons. The molecule has 0 spiro atoms. The van der Waals surface area contributed by atoms with E-state index in [0.29, 0.717) is 16.9 Å². The number of sulfonamides is 1. The van der Waals surface area contributed by atoms with Gasteiger partial charge in [0.05, 0.1) is 24.8 Å². The number of carbonyl (C=O) groups excluding carboxylic acids is 2. The van der Waals surface area contributed by atoms with Crippen LogP contribution in [0.2, 0.25) is 0 Å². The Morgan fingerprint density at radius 2 is 1.39 bits per heavy atom. The van der Waals surface area contributed by atoms with Gasteiger partial charge < -0.3 is 15.4 Å². The van der Waals surface area contributed by atoms with E-state index >= 15 is 0 Å². The molecule has 1 aliphatic rings. The van der Waals surface area contributed by atoms with Crippen molar-refractivity contribution in [1.82, 2.24) is 14.9 Å². The lowest BCUT2D eigenvalue weighted by Gasteiger charge is -2.23. The lowest BCUT2D eigenvalue weighted by molar-refractivity contribution is -0.121. The Hall–Kier alpha value is -2.91. The first kappa shape index (κ1) is 22.8. The topological polar surface area (TPSA) is 105 Å². The molecule has 2 aromatic rings. The van der Waals surface area contributed by atoms with E-state index in [1.807, 2.05) is 6.92 Å². The van der Waals surface area contributed by atoms with Gasteiger partial charge in [-0.3, -0.25) is 9.59 Å². The molecule has 0 saturated heterocycles. The molecule has 0 atom stereocenters. The van der Waals surface area contributed by atoms with Crippen molar-refractivity contribution in [3.05, 3.63) is 59.2 Å². The first-order valence-corrected chi connectivity index (χ1v) is 11.5. The van der Waals surface area contributed by atoms with E-state index in [1.165, 1.54) is 11.4 Å². The molecule has 3 rings (SSSR count). The van der Waals surface area contributed by atoms with Crippen molar-refractivity contribution >= 4 is 21.8 Å². The molecule has 2 amide bonds. The van der Waals surface area contributed by atoms with E-state index in [0.717, 1.165) is 5.56 Å². The summed E-state index contributed by atoms with van der Waals surface area (Å²) >= 11 is 0. The minimum atomic E-state index is -3.77. The minimum absolute atomic E-state index is 0.0728. The Kier molecular flexibility index (Phi) is 7.29. The molecule has 0 aromatic heterocycles. The Balaban J connectivity index is 1.83. The van der Waals surface area contributed by atoms with Crippen LogP contribution in [0.3, 0.4) is 0 Å². The highest BCUT2D eigenvalue weighted by Crippen LogP contribution is 2.25. The Bertz CT molecular complexity index is 1010. The van der Waals surface area contributed by atoms with Crippen LogP contribution in [-0.4, -0.2) is 57.8 Å². The summed E-state index contributed by atoms with van der Waals surface area (Å²) in [7, 11) is -2.26. The fraction of sp³-hybridized carbons (Fsp3) is 0.364. The van der Waals surface area contributed by atoms with Crippen molar-refractivity contribution in [2.45, 2.75) is 24.7 Å². The second-order valence-electron chi connectivity index (χ2n) is 7.38. The molecule has 8 nitrogen and oxygen atoms in total. The molecular weight excluding hydrogens is 418 g/mol. The van der Waals surface area contributed by atoms with Gasteiger partial charge in [0.2, 0.25) is 21.8 Å². The van der Waals surface area contributed by atoms with Crippen molar-refractivity contribution in [2.24, 2.45) is 0 Å². The highest BCUT2D eigenvalue weighted by molar-refractivity contribution is 7.89. The molecule has 1 aliphatic heterocycles. The summed E-state index contributed by atoms with van der Waals surface area (Å²) in [5.41, 5.74) is 2.30. The predicted octanol–water partition coefficient (Wildman–Crippen LogP) is 1.03. The van der Waals surface area contributed by atoms with Crippen molar-refractivity contribution in [2.75, 3.05) is 33.3 Å². The predicted molar refractivity (Wildman–Crippen MR) is 116 cm³/mol. The number of nitrogens with zero attached hydrogens (tertiary/aromatic N) is 1. The van der Waals surface area contributed by atoms with Crippen molar-refractivity contribution in [3.63, 3.8) is 0 Å². The second-order valence-corrected chi connectivity index (χ2v) is 9.32. The van der Waals surface area contributed by atoms with Gasteiger partial charge in [-0.1, -0.05) is 35.9 Å². The van der Waals surface area contributed by atoms with Crippen LogP contribution in [0.1, 0.15) is 16.7 Å². The van der Waals surface area contributed by atoms with Gasteiger partial charge >= 0.3 is 0 Å². The van der Waals surface area contributed by atoms with E-state index in [9.17, 15) is 18.0 Å². The Morgan fingerprint density at radius 3 is 1.87 bits per heavy atom. The summed E-state index contributed by atoms with van der Waals surface area (Å²) in [4.78, 5) is 25.1. The van der Waals surface area contributed by atoms with Crippen LogP contribution in [-0.2, 0) is 32.5 Å². The number of para-hydroxylation sites is 1. The van der Waals surface area contributed by atoms with Crippen molar-refractivity contribution < 1.29 is 22.7 Å². The molecule has 31 heavy (non-hydrogen) atoms. The number of methoxy groups -OCH3 is 1. The molecule has 0 aliphatic carbocycles. The van der Waals surface area contributed by atoms with E-state index in [2.05, 4.69) is 10.6 Å². The van der Waals surface area contributed by atoms with Crippen LogP contribution in [0.15, 0.2) is 47.4 Å². The van der Waals surface area contributed by atoms with Crippen LogP contribution >= 0.6 is 0 Å². The first-order chi connectivity index (χ1) is 14.8. The zero-order chi connectivity index (χ0) is 22.4. The summed E-state index contributed by atoms with van der Waals surface area (Å²) in [6, 6.07) is 11.9. The maximum absolute atomic E-state index is 13.1. The third kappa shape index (κ3) is 5.62. The highest BCUT2D eigenvalue weighted by Gasteiger charge is 2.25. The number of rotatable bonds is 3. The van der Waals surface area contributed by atoms with Gasteiger partial charge in [0.15, 0.2) is 0 Å². The number of aryl methyl sites for hydroxylation is 1. The lowest BCUT2D eigenvalue weighted by Crippen LogP contribution is -2.43. The normalized spacial score (nSPS) is 16.7. The largest absolute Gasteiger partial charge is 0.496 e.